The van der Waals surface area contributed by atoms with Crippen LogP contribution in [0.4, 0.5) is 0 Å². The Balaban J connectivity index is 2.09. The first-order valence-corrected chi connectivity index (χ1v) is 7.67. The third kappa shape index (κ3) is 4.58. The molecule has 0 radical (unpaired) electrons. The van der Waals surface area contributed by atoms with E-state index in [4.69, 9.17) is 0 Å². The molecule has 0 saturated heterocycles. The van der Waals surface area contributed by atoms with E-state index in [1.807, 2.05) is 34.9 Å². The van der Waals surface area contributed by atoms with E-state index in [-0.39, 0.29) is 0 Å². The maximum absolute atomic E-state index is 4.59. The highest BCUT2D eigenvalue weighted by Gasteiger charge is 2.06. The van der Waals surface area contributed by atoms with Crippen LogP contribution in [0.15, 0.2) is 41.7 Å². The molecule has 0 aliphatic rings. The highest BCUT2D eigenvalue weighted by molar-refractivity contribution is 5.79. The predicted octanol–water partition coefficient (Wildman–Crippen LogP) is 1.98. The van der Waals surface area contributed by atoms with Crippen LogP contribution in [0, 0.1) is 5.92 Å². The van der Waals surface area contributed by atoms with Crippen LogP contribution in [-0.2, 0) is 6.54 Å². The molecule has 1 aromatic heterocycles. The van der Waals surface area contributed by atoms with Crippen molar-refractivity contribution < 1.29 is 0 Å². The van der Waals surface area contributed by atoms with Crippen molar-refractivity contribution in [2.75, 3.05) is 13.1 Å². The van der Waals surface area contributed by atoms with Crippen LogP contribution in [0.2, 0.25) is 0 Å². The predicted molar refractivity (Wildman–Crippen MR) is 89.0 cm³/mol. The normalized spacial score (nSPS) is 11.7. The van der Waals surface area contributed by atoms with Gasteiger partial charge in [0, 0.05) is 18.8 Å². The number of para-hydroxylation sites is 1. The number of hydrogen-bond acceptors (Lipinski definition) is 3. The Kier molecular flexibility index (Phi) is 5.94. The molecule has 2 N–H and O–H groups in total. The maximum Gasteiger partial charge on any atom is 0.191 e. The Morgan fingerprint density at radius 3 is 2.68 bits per heavy atom. The van der Waals surface area contributed by atoms with Crippen LogP contribution < -0.4 is 10.6 Å². The fourth-order valence-electron chi connectivity index (χ4n) is 1.96. The fourth-order valence-corrected chi connectivity index (χ4v) is 1.96. The summed E-state index contributed by atoms with van der Waals surface area (Å²) in [7, 11) is 0. The van der Waals surface area contributed by atoms with E-state index in [1.54, 1.807) is 6.33 Å². The van der Waals surface area contributed by atoms with E-state index >= 15 is 0 Å². The number of hydrogen-bond donors (Lipinski definition) is 2. The van der Waals surface area contributed by atoms with Crippen LogP contribution >= 0.6 is 0 Å². The lowest BCUT2D eigenvalue weighted by Crippen LogP contribution is -2.39. The molecule has 1 aromatic carbocycles. The molecule has 0 fully saturated rings. The van der Waals surface area contributed by atoms with Gasteiger partial charge in [-0.1, -0.05) is 32.0 Å². The summed E-state index contributed by atoms with van der Waals surface area (Å²) in [6.07, 6.45) is 1.72. The van der Waals surface area contributed by atoms with Crippen LogP contribution in [0.5, 0.6) is 0 Å². The molecule has 0 bridgehead atoms. The number of benzene rings is 1. The Morgan fingerprint density at radius 1 is 1.23 bits per heavy atom. The zero-order valence-electron chi connectivity index (χ0n) is 13.5. The number of guanidine groups is 1. The number of rotatable bonds is 6. The molecule has 0 unspecified atom stereocenters. The van der Waals surface area contributed by atoms with Crippen molar-refractivity contribution in [3.63, 3.8) is 0 Å². The van der Waals surface area contributed by atoms with Crippen LogP contribution in [0.25, 0.3) is 5.69 Å². The van der Waals surface area contributed by atoms with Gasteiger partial charge in [0.1, 0.15) is 12.9 Å². The molecule has 0 spiro atoms. The third-order valence-corrected chi connectivity index (χ3v) is 3.05. The molecule has 6 nitrogen and oxygen atoms in total. The van der Waals surface area contributed by atoms with E-state index in [9.17, 15) is 0 Å². The number of nitrogens with zero attached hydrogens (tertiary/aromatic N) is 4. The summed E-state index contributed by atoms with van der Waals surface area (Å²) < 4.78 is 1.95. The number of nitrogens with one attached hydrogen (secondary N) is 2. The molecule has 6 heteroatoms. The van der Waals surface area contributed by atoms with Gasteiger partial charge in [-0.15, -0.1) is 10.2 Å². The summed E-state index contributed by atoms with van der Waals surface area (Å²) in [4.78, 5) is 4.59. The summed E-state index contributed by atoms with van der Waals surface area (Å²) in [5.74, 6) is 2.18. The van der Waals surface area contributed by atoms with E-state index < -0.39 is 0 Å². The van der Waals surface area contributed by atoms with Gasteiger partial charge in [0.05, 0.1) is 0 Å². The second kappa shape index (κ2) is 8.17. The van der Waals surface area contributed by atoms with Gasteiger partial charge in [-0.25, -0.2) is 4.99 Å². The molecule has 0 atom stereocenters. The fraction of sp³-hybridized carbons (Fsp3) is 0.438. The molecule has 22 heavy (non-hydrogen) atoms. The second-order valence-corrected chi connectivity index (χ2v) is 5.42. The average molecular weight is 300 g/mol. The first-order chi connectivity index (χ1) is 10.7. The molecule has 0 amide bonds. The summed E-state index contributed by atoms with van der Waals surface area (Å²) >= 11 is 0. The van der Waals surface area contributed by atoms with E-state index in [2.05, 4.69) is 46.6 Å². The minimum absolute atomic E-state index is 0.475. The second-order valence-electron chi connectivity index (χ2n) is 5.42. The van der Waals surface area contributed by atoms with Gasteiger partial charge in [0.2, 0.25) is 0 Å². The quantitative estimate of drug-likeness (QED) is 0.632. The van der Waals surface area contributed by atoms with Crippen molar-refractivity contribution in [1.29, 1.82) is 0 Å². The summed E-state index contributed by atoms with van der Waals surface area (Å²) in [6.45, 7) is 8.58. The van der Waals surface area contributed by atoms with Gasteiger partial charge in [-0.3, -0.25) is 4.57 Å². The summed E-state index contributed by atoms with van der Waals surface area (Å²) in [5.41, 5.74) is 1.04. The Labute approximate surface area is 131 Å². The molecule has 2 aromatic rings. The van der Waals surface area contributed by atoms with E-state index in [0.29, 0.717) is 12.5 Å². The lowest BCUT2D eigenvalue weighted by molar-refractivity contribution is 0.614. The van der Waals surface area contributed by atoms with Gasteiger partial charge in [0.25, 0.3) is 0 Å². The zero-order valence-corrected chi connectivity index (χ0v) is 13.5. The monoisotopic (exact) mass is 300 g/mol. The molecule has 0 aliphatic carbocycles. The average Bonchev–Trinajstić information content (AvgIpc) is 2.99. The Hall–Kier alpha value is -2.37. The maximum atomic E-state index is 4.59. The van der Waals surface area contributed by atoms with Crippen LogP contribution in [-0.4, -0.2) is 33.8 Å². The first-order valence-electron chi connectivity index (χ1n) is 7.67. The van der Waals surface area contributed by atoms with Crippen molar-refractivity contribution in [2.45, 2.75) is 27.3 Å². The molecular weight excluding hydrogens is 276 g/mol. The van der Waals surface area contributed by atoms with Crippen LogP contribution in [0.3, 0.4) is 0 Å². The largest absolute Gasteiger partial charge is 0.357 e. The van der Waals surface area contributed by atoms with Crippen molar-refractivity contribution in [3.05, 3.63) is 42.5 Å². The molecule has 0 saturated carbocycles. The van der Waals surface area contributed by atoms with Crippen molar-refractivity contribution in [2.24, 2.45) is 10.9 Å². The van der Waals surface area contributed by atoms with Gasteiger partial charge >= 0.3 is 0 Å². The number of aliphatic imine (C=N–C) groups is 1. The highest BCUT2D eigenvalue weighted by atomic mass is 15.3. The smallest absolute Gasteiger partial charge is 0.191 e. The molecular formula is C16H24N6. The molecule has 2 rings (SSSR count). The summed E-state index contributed by atoms with van der Waals surface area (Å²) in [5, 5.41) is 14.7. The zero-order chi connectivity index (χ0) is 15.8. The van der Waals surface area contributed by atoms with Gasteiger partial charge in [-0.2, -0.15) is 0 Å². The van der Waals surface area contributed by atoms with Crippen molar-refractivity contribution >= 4 is 5.96 Å². The SMILES string of the molecule is CCNC(=NCc1nncn1-c1ccccc1)NCC(C)C. The Morgan fingerprint density at radius 2 is 2.00 bits per heavy atom. The van der Waals surface area contributed by atoms with Crippen LogP contribution in [0.1, 0.15) is 26.6 Å². The number of aromatic nitrogens is 3. The van der Waals surface area contributed by atoms with Gasteiger partial charge in [0.15, 0.2) is 11.8 Å². The minimum atomic E-state index is 0.475. The first kappa shape index (κ1) is 16.0. The lowest BCUT2D eigenvalue weighted by atomic mass is 10.2. The lowest BCUT2D eigenvalue weighted by Gasteiger charge is -2.13. The van der Waals surface area contributed by atoms with Crippen molar-refractivity contribution in [1.82, 2.24) is 25.4 Å². The van der Waals surface area contributed by atoms with E-state index in [0.717, 1.165) is 30.6 Å². The minimum Gasteiger partial charge on any atom is -0.357 e. The molecule has 1 heterocycles. The standard InChI is InChI=1S/C16H24N6/c1-4-17-16(18-10-13(2)3)19-11-15-21-20-12-22(15)14-8-6-5-7-9-14/h5-9,12-13H,4,10-11H2,1-3H3,(H2,17,18,19). The summed E-state index contributed by atoms with van der Waals surface area (Å²) in [6, 6.07) is 10.0. The third-order valence-electron chi connectivity index (χ3n) is 3.05. The van der Waals surface area contributed by atoms with Gasteiger partial charge in [-0.05, 0) is 25.0 Å². The van der Waals surface area contributed by atoms with E-state index in [1.165, 1.54) is 0 Å². The highest BCUT2D eigenvalue weighted by Crippen LogP contribution is 2.09. The Bertz CT molecular complexity index is 588. The van der Waals surface area contributed by atoms with Crippen molar-refractivity contribution in [3.8, 4) is 5.69 Å². The topological polar surface area (TPSA) is 67.1 Å². The molecule has 0 aliphatic heterocycles. The van der Waals surface area contributed by atoms with Gasteiger partial charge < -0.3 is 10.6 Å². The molecule has 118 valence electrons.